The maximum Gasteiger partial charge on any atom is 0.290 e. The summed E-state index contributed by atoms with van der Waals surface area (Å²) in [5, 5.41) is 11.6. The summed E-state index contributed by atoms with van der Waals surface area (Å²) in [6.45, 7) is 7.76. The molecule has 5 amide bonds. The minimum absolute atomic E-state index is 0.0951. The zero-order valence-electron chi connectivity index (χ0n) is 31.2. The second-order valence-electron chi connectivity index (χ2n) is 16.6. The molecule has 3 heterocycles. The van der Waals surface area contributed by atoms with E-state index in [1.54, 1.807) is 11.8 Å². The third-order valence-electron chi connectivity index (χ3n) is 11.8. The summed E-state index contributed by atoms with van der Waals surface area (Å²) in [4.78, 5) is 92.7. The van der Waals surface area contributed by atoms with Gasteiger partial charge in [0.25, 0.3) is 11.8 Å². The molecule has 4 fully saturated rings. The number of hydrogen-bond acceptors (Lipinski definition) is 8. The van der Waals surface area contributed by atoms with Crippen molar-refractivity contribution in [2.45, 2.75) is 116 Å². The summed E-state index contributed by atoms with van der Waals surface area (Å²) in [6, 6.07) is 5.17. The first-order valence-electron chi connectivity index (χ1n) is 19.2. The number of Topliss-reactive ketones (excluding diaryl/α,β-unsaturated/α-hetero) is 1. The number of carbonyl (C=O) groups is 6. The highest BCUT2D eigenvalue weighted by atomic mass is 16.2. The summed E-state index contributed by atoms with van der Waals surface area (Å²) in [7, 11) is 0. The van der Waals surface area contributed by atoms with Gasteiger partial charge in [-0.15, -0.1) is 0 Å². The fourth-order valence-electron chi connectivity index (χ4n) is 8.99. The lowest BCUT2D eigenvalue weighted by Gasteiger charge is -2.38. The summed E-state index contributed by atoms with van der Waals surface area (Å²) in [5.74, 6) is -3.10. The van der Waals surface area contributed by atoms with Crippen LogP contribution in [-0.4, -0.2) is 80.9 Å². The van der Waals surface area contributed by atoms with E-state index < -0.39 is 65.0 Å². The highest BCUT2D eigenvalue weighted by Gasteiger charge is 2.55. The number of nitrogens with zero attached hydrogens (tertiary/aromatic N) is 3. The summed E-state index contributed by atoms with van der Waals surface area (Å²) in [5.41, 5.74) is 0.201. The first-order valence-corrected chi connectivity index (χ1v) is 19.2. The normalized spacial score (nSPS) is 26.2. The molecule has 2 saturated heterocycles. The summed E-state index contributed by atoms with van der Waals surface area (Å²) in [6.07, 6.45) is 11.3. The van der Waals surface area contributed by atoms with Gasteiger partial charge in [0, 0.05) is 18.9 Å². The number of carbonyl (C=O) groups excluding carboxylic acids is 6. The minimum atomic E-state index is -1.02. The van der Waals surface area contributed by atoms with Crippen molar-refractivity contribution in [1.82, 2.24) is 36.1 Å². The lowest BCUT2D eigenvalue weighted by Crippen LogP contribution is -2.62. The van der Waals surface area contributed by atoms with Crippen LogP contribution in [0.1, 0.15) is 108 Å². The van der Waals surface area contributed by atoms with Crippen molar-refractivity contribution in [1.29, 1.82) is 0 Å². The Kier molecular flexibility index (Phi) is 11.6. The minimum Gasteiger partial charge on any atom is -0.344 e. The van der Waals surface area contributed by atoms with Crippen LogP contribution in [0, 0.1) is 29.1 Å². The quantitative estimate of drug-likeness (QED) is 0.269. The molecular formula is C40H53N7O6. The van der Waals surface area contributed by atoms with Crippen molar-refractivity contribution in [3.8, 4) is 0 Å². The molecule has 53 heavy (non-hydrogen) atoms. The molecule has 1 aromatic carbocycles. The second kappa shape index (κ2) is 16.1. The number of benzene rings is 1. The molecular weight excluding hydrogens is 674 g/mol. The monoisotopic (exact) mass is 727 g/mol. The topological polar surface area (TPSA) is 180 Å². The molecule has 284 valence electrons. The highest BCUT2D eigenvalue weighted by molar-refractivity contribution is 6.38. The average Bonchev–Trinajstić information content (AvgIpc) is 3.72. The molecule has 6 rings (SSSR count). The standard InChI is InChI=1S/C40H53N7O6/c1-23(25-11-7-5-8-12-25)43-38(52)33(48)29-16-15-24-19-27-22-47(32(28(27)20-24)37(51)44-29)39(53)34(40(2,3)4)46-36(50)31(26-13-9-6-10-14-26)45-35(49)30-21-41-17-18-42-30/h5,7-8,11-12,17-18,21,23-24,26-29,31-32,34H,6,9-10,13-16,19-20,22H2,1-4H3,(H,43,52)(H,44,51)(H,45,49)(H,46,50)/t23-,24?,27-,28-,29-,31-,32-,34+/m0/s1. The van der Waals surface area contributed by atoms with Crippen molar-refractivity contribution >= 4 is 35.3 Å². The van der Waals surface area contributed by atoms with Crippen LogP contribution in [0.25, 0.3) is 0 Å². The van der Waals surface area contributed by atoms with Gasteiger partial charge in [0.05, 0.1) is 18.3 Å². The summed E-state index contributed by atoms with van der Waals surface area (Å²) < 4.78 is 0. The Hall–Kier alpha value is -4.68. The van der Waals surface area contributed by atoms with Gasteiger partial charge in [-0.2, -0.15) is 0 Å². The zero-order valence-corrected chi connectivity index (χ0v) is 31.2. The molecule has 0 spiro atoms. The zero-order chi connectivity index (χ0) is 37.9. The largest absolute Gasteiger partial charge is 0.344 e. The van der Waals surface area contributed by atoms with Crippen molar-refractivity contribution < 1.29 is 28.8 Å². The van der Waals surface area contributed by atoms with Crippen LogP contribution in [0.15, 0.2) is 48.9 Å². The van der Waals surface area contributed by atoms with Crippen molar-refractivity contribution in [2.24, 2.45) is 29.1 Å². The Balaban J connectivity index is 1.20. The first-order chi connectivity index (χ1) is 25.3. The van der Waals surface area contributed by atoms with E-state index in [2.05, 4.69) is 31.2 Å². The lowest BCUT2D eigenvalue weighted by molar-refractivity contribution is -0.146. The molecule has 2 aliphatic heterocycles. The SMILES string of the molecule is C[C@H](NC(=O)C(=O)[C@@H]1CCC2C[C@H]3CN(C(=O)[C@@H](NC(=O)[C@@H](NC(=O)c4cnccn4)C4CCCCC4)C(C)(C)C)[C@H](C(=O)N1)[C@H]3C2)c1ccccc1. The van der Waals surface area contributed by atoms with E-state index in [1.807, 2.05) is 51.1 Å². The molecule has 2 aromatic rings. The summed E-state index contributed by atoms with van der Waals surface area (Å²) >= 11 is 0. The predicted molar refractivity (Wildman–Crippen MR) is 196 cm³/mol. The van der Waals surface area contributed by atoms with E-state index in [0.717, 1.165) is 50.5 Å². The van der Waals surface area contributed by atoms with Gasteiger partial charge in [0.2, 0.25) is 23.5 Å². The van der Waals surface area contributed by atoms with Gasteiger partial charge in [-0.3, -0.25) is 33.8 Å². The number of amides is 5. The lowest BCUT2D eigenvalue weighted by atomic mass is 9.82. The number of fused-ring (bicyclic) bond motifs is 1. The van der Waals surface area contributed by atoms with Gasteiger partial charge in [-0.05, 0) is 80.1 Å². The fourth-order valence-corrected chi connectivity index (χ4v) is 8.99. The van der Waals surface area contributed by atoms with Gasteiger partial charge in [0.1, 0.15) is 23.8 Å². The predicted octanol–water partition coefficient (Wildman–Crippen LogP) is 3.26. The number of ketones is 1. The molecule has 2 bridgehead atoms. The van der Waals surface area contributed by atoms with Gasteiger partial charge >= 0.3 is 0 Å². The number of rotatable bonds is 10. The van der Waals surface area contributed by atoms with E-state index in [1.165, 1.54) is 18.6 Å². The van der Waals surface area contributed by atoms with Crippen molar-refractivity contribution in [3.63, 3.8) is 0 Å². The van der Waals surface area contributed by atoms with Crippen molar-refractivity contribution in [3.05, 3.63) is 60.2 Å². The smallest absolute Gasteiger partial charge is 0.290 e. The van der Waals surface area contributed by atoms with Crippen molar-refractivity contribution in [2.75, 3.05) is 6.54 Å². The molecule has 0 radical (unpaired) electrons. The average molecular weight is 728 g/mol. The van der Waals surface area contributed by atoms with Gasteiger partial charge in [-0.1, -0.05) is 70.4 Å². The number of hydrogen-bond donors (Lipinski definition) is 4. The van der Waals surface area contributed by atoms with Crippen LogP contribution in [0.3, 0.4) is 0 Å². The Morgan fingerprint density at radius 2 is 1.64 bits per heavy atom. The van der Waals surface area contributed by atoms with Crippen LogP contribution < -0.4 is 21.3 Å². The van der Waals surface area contributed by atoms with E-state index >= 15 is 0 Å². The molecule has 4 N–H and O–H groups in total. The molecule has 2 aliphatic carbocycles. The van der Waals surface area contributed by atoms with E-state index in [-0.39, 0.29) is 35.3 Å². The van der Waals surface area contributed by atoms with Crippen LogP contribution in [0.2, 0.25) is 0 Å². The highest BCUT2D eigenvalue weighted by Crippen LogP contribution is 2.48. The van der Waals surface area contributed by atoms with E-state index in [4.69, 9.17) is 0 Å². The molecule has 1 unspecified atom stereocenters. The van der Waals surface area contributed by atoms with Gasteiger partial charge in [-0.25, -0.2) is 4.98 Å². The van der Waals surface area contributed by atoms with Gasteiger partial charge in [0.15, 0.2) is 0 Å². The number of aromatic nitrogens is 2. The van der Waals surface area contributed by atoms with E-state index in [0.29, 0.717) is 19.4 Å². The Morgan fingerprint density at radius 3 is 2.32 bits per heavy atom. The molecule has 13 heteroatoms. The van der Waals surface area contributed by atoms with Crippen LogP contribution in [-0.2, 0) is 24.0 Å². The van der Waals surface area contributed by atoms with Crippen LogP contribution >= 0.6 is 0 Å². The third kappa shape index (κ3) is 8.60. The Morgan fingerprint density at radius 1 is 0.906 bits per heavy atom. The molecule has 1 aromatic heterocycles. The second-order valence-corrected chi connectivity index (χ2v) is 16.6. The number of likely N-dealkylation sites (tertiary alicyclic amines) is 1. The Bertz CT molecular complexity index is 1680. The van der Waals surface area contributed by atoms with Crippen LogP contribution in [0.4, 0.5) is 0 Å². The number of nitrogens with one attached hydrogen (secondary N) is 4. The first kappa shape index (κ1) is 38.1. The molecule has 13 nitrogen and oxygen atoms in total. The maximum atomic E-state index is 14.7. The molecule has 4 aliphatic rings. The Labute approximate surface area is 311 Å². The third-order valence-corrected chi connectivity index (χ3v) is 11.8. The fraction of sp³-hybridized carbons (Fsp3) is 0.600. The van der Waals surface area contributed by atoms with Gasteiger partial charge < -0.3 is 26.2 Å². The maximum absolute atomic E-state index is 14.7. The van der Waals surface area contributed by atoms with Crippen LogP contribution in [0.5, 0.6) is 0 Å². The molecule has 8 atom stereocenters. The molecule has 2 saturated carbocycles. The van der Waals surface area contributed by atoms with E-state index in [9.17, 15) is 28.8 Å².